The van der Waals surface area contributed by atoms with Crippen molar-refractivity contribution in [3.63, 3.8) is 0 Å². The average Bonchev–Trinajstić information content (AvgIpc) is 3.23. The molecule has 1 aromatic carbocycles. The van der Waals surface area contributed by atoms with E-state index in [0.717, 1.165) is 49.0 Å². The van der Waals surface area contributed by atoms with Crippen LogP contribution in [0.1, 0.15) is 36.4 Å². The fourth-order valence-corrected chi connectivity index (χ4v) is 5.67. The lowest BCUT2D eigenvalue weighted by Gasteiger charge is -2.36. The van der Waals surface area contributed by atoms with E-state index >= 15 is 0 Å². The molecule has 4 rings (SSSR count). The maximum absolute atomic E-state index is 14.8. The van der Waals surface area contributed by atoms with Gasteiger partial charge in [0, 0.05) is 41.5 Å². The molecule has 30 heavy (non-hydrogen) atoms. The maximum atomic E-state index is 14.8. The molecule has 3 heterocycles. The Hall–Kier alpha value is -2.14. The highest BCUT2D eigenvalue weighted by molar-refractivity contribution is 7.93. The third kappa shape index (κ3) is 4.61. The first-order chi connectivity index (χ1) is 14.4. The topological polar surface area (TPSA) is 88.1 Å². The summed E-state index contributed by atoms with van der Waals surface area (Å²) in [7, 11) is -4.16. The van der Waals surface area contributed by atoms with Gasteiger partial charge in [-0.05, 0) is 48.7 Å². The standard InChI is InChI=1S/C19H19ClFN5O2S2/c20-15-9-18(30(27,28)25-19-23-12-24-29-19)16(21)8-14(15)11-26-7-2-1-5-17(26)13-4-3-6-22-10-13/h3-4,6,8-10,12,17H,1-2,5,7,11H2,(H,23,24,25). The molecule has 3 aromatic rings. The molecule has 158 valence electrons. The number of pyridine rings is 1. The smallest absolute Gasteiger partial charge is 0.266 e. The van der Waals surface area contributed by atoms with Crippen molar-refractivity contribution in [2.24, 2.45) is 0 Å². The van der Waals surface area contributed by atoms with E-state index in [1.54, 1.807) is 6.20 Å². The number of nitrogens with zero attached hydrogens (tertiary/aromatic N) is 4. The molecule has 2 aromatic heterocycles. The van der Waals surface area contributed by atoms with Crippen LogP contribution in [0.15, 0.2) is 47.9 Å². The summed E-state index contributed by atoms with van der Waals surface area (Å²) >= 11 is 7.24. The number of piperidine rings is 1. The molecule has 7 nitrogen and oxygen atoms in total. The average molecular weight is 468 g/mol. The number of anilines is 1. The largest absolute Gasteiger partial charge is 0.292 e. The molecule has 0 aliphatic carbocycles. The fourth-order valence-electron chi connectivity index (χ4n) is 3.63. The molecule has 1 N–H and O–H groups in total. The molecular formula is C19H19ClFN5O2S2. The second-order valence-corrected chi connectivity index (χ2v) is 9.83. The number of aromatic nitrogens is 3. The van der Waals surface area contributed by atoms with Crippen LogP contribution in [0, 0.1) is 5.82 Å². The van der Waals surface area contributed by atoms with E-state index in [2.05, 4.69) is 24.0 Å². The molecule has 1 aliphatic heterocycles. The lowest BCUT2D eigenvalue weighted by Crippen LogP contribution is -2.33. The summed E-state index contributed by atoms with van der Waals surface area (Å²) in [4.78, 5) is 9.68. The van der Waals surface area contributed by atoms with Crippen LogP contribution in [0.2, 0.25) is 5.02 Å². The van der Waals surface area contributed by atoms with Crippen molar-refractivity contribution in [1.29, 1.82) is 0 Å². The van der Waals surface area contributed by atoms with Crippen molar-refractivity contribution in [2.75, 3.05) is 11.3 Å². The minimum atomic E-state index is -4.16. The van der Waals surface area contributed by atoms with Gasteiger partial charge in [-0.3, -0.25) is 14.6 Å². The Labute approximate surface area is 183 Å². The van der Waals surface area contributed by atoms with Gasteiger partial charge in [0.1, 0.15) is 17.0 Å². The Morgan fingerprint density at radius 1 is 1.33 bits per heavy atom. The second-order valence-electron chi connectivity index (χ2n) is 6.99. The molecule has 1 fully saturated rings. The fraction of sp³-hybridized carbons (Fsp3) is 0.316. The van der Waals surface area contributed by atoms with Gasteiger partial charge in [0.05, 0.1) is 0 Å². The van der Waals surface area contributed by atoms with E-state index in [1.807, 2.05) is 18.3 Å². The summed E-state index contributed by atoms with van der Waals surface area (Å²) < 4.78 is 45.8. The van der Waals surface area contributed by atoms with E-state index in [0.29, 0.717) is 12.1 Å². The van der Waals surface area contributed by atoms with Gasteiger partial charge in [-0.1, -0.05) is 24.1 Å². The number of likely N-dealkylation sites (tertiary alicyclic amines) is 1. The summed E-state index contributed by atoms with van der Waals surface area (Å²) in [5, 5.41) is 0.256. The zero-order valence-electron chi connectivity index (χ0n) is 15.8. The number of rotatable bonds is 6. The lowest BCUT2D eigenvalue weighted by atomic mass is 9.96. The monoisotopic (exact) mass is 467 g/mol. The molecule has 1 saturated heterocycles. The van der Waals surface area contributed by atoms with Gasteiger partial charge in [0.25, 0.3) is 10.0 Å². The van der Waals surface area contributed by atoms with Crippen molar-refractivity contribution in [2.45, 2.75) is 36.7 Å². The summed E-state index contributed by atoms with van der Waals surface area (Å²) in [6, 6.07) is 6.45. The number of halogens is 2. The highest BCUT2D eigenvalue weighted by atomic mass is 35.5. The zero-order valence-corrected chi connectivity index (χ0v) is 18.2. The van der Waals surface area contributed by atoms with E-state index in [9.17, 15) is 12.8 Å². The molecule has 0 saturated carbocycles. The molecule has 0 radical (unpaired) electrons. The maximum Gasteiger partial charge on any atom is 0.266 e. The number of nitrogens with one attached hydrogen (secondary N) is 1. The van der Waals surface area contributed by atoms with Gasteiger partial charge >= 0.3 is 0 Å². The van der Waals surface area contributed by atoms with Crippen LogP contribution in [0.3, 0.4) is 0 Å². The molecule has 1 unspecified atom stereocenters. The Kier molecular flexibility index (Phi) is 6.28. The van der Waals surface area contributed by atoms with Crippen LogP contribution in [0.4, 0.5) is 9.52 Å². The third-order valence-corrected chi connectivity index (χ3v) is 7.44. The third-order valence-electron chi connectivity index (χ3n) is 5.03. The van der Waals surface area contributed by atoms with E-state index in [1.165, 1.54) is 12.4 Å². The zero-order chi connectivity index (χ0) is 21.1. The Balaban J connectivity index is 1.58. The molecule has 0 spiro atoms. The van der Waals surface area contributed by atoms with Gasteiger partial charge in [-0.2, -0.15) is 4.37 Å². The van der Waals surface area contributed by atoms with E-state index in [4.69, 9.17) is 11.6 Å². The van der Waals surface area contributed by atoms with Crippen molar-refractivity contribution < 1.29 is 12.8 Å². The van der Waals surface area contributed by atoms with E-state index < -0.39 is 20.7 Å². The Bertz CT molecular complexity index is 1110. The van der Waals surface area contributed by atoms with Crippen LogP contribution in [0.25, 0.3) is 0 Å². The minimum Gasteiger partial charge on any atom is -0.292 e. The number of hydrogen-bond acceptors (Lipinski definition) is 7. The van der Waals surface area contributed by atoms with Gasteiger partial charge in [0.2, 0.25) is 5.13 Å². The first kappa shape index (κ1) is 21.1. The SMILES string of the molecule is O=S(=O)(Nc1ncns1)c1cc(Cl)c(CN2CCCCC2c2cccnc2)cc1F. The van der Waals surface area contributed by atoms with Crippen molar-refractivity contribution in [1.82, 2.24) is 19.2 Å². The highest BCUT2D eigenvalue weighted by Gasteiger charge is 2.27. The van der Waals surface area contributed by atoms with Gasteiger partial charge in [0.15, 0.2) is 0 Å². The minimum absolute atomic E-state index is 0.0576. The van der Waals surface area contributed by atoms with Crippen LogP contribution >= 0.6 is 23.1 Å². The normalized spacial score (nSPS) is 17.7. The Morgan fingerprint density at radius 2 is 2.20 bits per heavy atom. The molecular weight excluding hydrogens is 449 g/mol. The van der Waals surface area contributed by atoms with Crippen molar-refractivity contribution in [3.05, 3.63) is 65.0 Å². The molecule has 1 atom stereocenters. The number of sulfonamides is 1. The quantitative estimate of drug-likeness (QED) is 0.583. The van der Waals surface area contributed by atoms with Crippen LogP contribution in [-0.2, 0) is 16.6 Å². The van der Waals surface area contributed by atoms with Crippen molar-refractivity contribution >= 4 is 38.3 Å². The summed E-state index contributed by atoms with van der Waals surface area (Å²) in [5.74, 6) is -0.860. The molecule has 0 amide bonds. The predicted octanol–water partition coefficient (Wildman–Crippen LogP) is 4.25. The van der Waals surface area contributed by atoms with Crippen molar-refractivity contribution in [3.8, 4) is 0 Å². The highest BCUT2D eigenvalue weighted by Crippen LogP contribution is 2.34. The number of benzene rings is 1. The number of hydrogen-bond donors (Lipinski definition) is 1. The summed E-state index contributed by atoms with van der Waals surface area (Å²) in [6.45, 7) is 1.26. The van der Waals surface area contributed by atoms with Crippen LogP contribution < -0.4 is 4.72 Å². The first-order valence-electron chi connectivity index (χ1n) is 9.35. The molecule has 1 aliphatic rings. The van der Waals surface area contributed by atoms with Gasteiger partial charge in [-0.25, -0.2) is 17.8 Å². The lowest BCUT2D eigenvalue weighted by molar-refractivity contribution is 0.140. The summed E-state index contributed by atoms with van der Waals surface area (Å²) in [5.41, 5.74) is 1.65. The summed E-state index contributed by atoms with van der Waals surface area (Å²) in [6.07, 6.45) is 7.91. The van der Waals surface area contributed by atoms with Crippen LogP contribution in [0.5, 0.6) is 0 Å². The Morgan fingerprint density at radius 3 is 2.93 bits per heavy atom. The second kappa shape index (κ2) is 8.93. The molecule has 11 heteroatoms. The molecule has 0 bridgehead atoms. The van der Waals surface area contributed by atoms with Crippen LogP contribution in [-0.4, -0.2) is 34.2 Å². The van der Waals surface area contributed by atoms with Gasteiger partial charge < -0.3 is 0 Å². The predicted molar refractivity (Wildman–Crippen MR) is 113 cm³/mol. The van der Waals surface area contributed by atoms with Gasteiger partial charge in [-0.15, -0.1) is 0 Å². The van der Waals surface area contributed by atoms with E-state index in [-0.39, 0.29) is 16.2 Å². The first-order valence-corrected chi connectivity index (χ1v) is 12.0.